The van der Waals surface area contributed by atoms with E-state index in [-0.39, 0.29) is 0 Å². The summed E-state index contributed by atoms with van der Waals surface area (Å²) in [5.74, 6) is -3.03. The molecule has 0 radical (unpaired) electrons. The van der Waals surface area contributed by atoms with Gasteiger partial charge in [0, 0.05) is 0 Å². The molecule has 0 bridgehead atoms. The van der Waals surface area contributed by atoms with Crippen LogP contribution in [-0.4, -0.2) is 22.2 Å². The summed E-state index contributed by atoms with van der Waals surface area (Å²) in [4.78, 5) is 31.7. The van der Waals surface area contributed by atoms with Crippen molar-refractivity contribution < 1.29 is 24.2 Å². The zero-order valence-electron chi connectivity index (χ0n) is 6.18. The molecule has 1 heterocycles. The molecule has 0 amide bonds. The number of hydrogen-bond acceptors (Lipinski definition) is 4. The Morgan fingerprint density at radius 3 is 1.77 bits per heavy atom. The van der Waals surface area contributed by atoms with Crippen molar-refractivity contribution in [3.63, 3.8) is 0 Å². The van der Waals surface area contributed by atoms with Crippen LogP contribution in [0.5, 0.6) is 0 Å². The van der Waals surface area contributed by atoms with Crippen LogP contribution in [0.3, 0.4) is 0 Å². The molecule has 1 aromatic rings. The zero-order valence-corrected chi connectivity index (χ0v) is 6.18. The fraction of sp³-hybridized carbons (Fsp3) is 0. The van der Waals surface area contributed by atoms with Crippen molar-refractivity contribution in [2.24, 2.45) is 0 Å². The average Bonchev–Trinajstić information content (AvgIpc) is 2.03. The van der Waals surface area contributed by atoms with Crippen LogP contribution in [-0.2, 0) is 0 Å². The number of carboxylic acid groups (broad SMARTS) is 2. The minimum atomic E-state index is -1.52. The van der Waals surface area contributed by atoms with Crippen LogP contribution >= 0.6 is 0 Å². The third kappa shape index (κ3) is 1.56. The zero-order chi connectivity index (χ0) is 10.0. The van der Waals surface area contributed by atoms with E-state index in [0.29, 0.717) is 12.5 Å². The van der Waals surface area contributed by atoms with Crippen molar-refractivity contribution in [3.05, 3.63) is 33.9 Å². The van der Waals surface area contributed by atoms with Gasteiger partial charge in [-0.3, -0.25) is 4.79 Å². The molecule has 68 valence electrons. The monoisotopic (exact) mass is 184 g/mol. The lowest BCUT2D eigenvalue weighted by Gasteiger charge is -1.94. The summed E-state index contributed by atoms with van der Waals surface area (Å²) in [7, 11) is 0. The topological polar surface area (TPSA) is 105 Å². The van der Waals surface area contributed by atoms with Crippen LogP contribution in [0.15, 0.2) is 21.7 Å². The van der Waals surface area contributed by atoms with Crippen molar-refractivity contribution in [1.82, 2.24) is 0 Å². The highest BCUT2D eigenvalue weighted by Gasteiger charge is 2.16. The lowest BCUT2D eigenvalue weighted by Crippen LogP contribution is -2.20. The quantitative estimate of drug-likeness (QED) is 0.672. The Hall–Kier alpha value is -2.11. The number of hydrogen-bond donors (Lipinski definition) is 2. The Balaban J connectivity index is 3.44. The van der Waals surface area contributed by atoms with Gasteiger partial charge in [-0.2, -0.15) is 0 Å². The molecule has 0 aliphatic carbocycles. The largest absolute Gasteiger partial charge is 0.477 e. The summed E-state index contributed by atoms with van der Waals surface area (Å²) >= 11 is 0. The van der Waals surface area contributed by atoms with Gasteiger partial charge in [0.15, 0.2) is 0 Å². The summed E-state index contributed by atoms with van der Waals surface area (Å²) in [5.41, 5.74) is -2.45. The first-order valence-electron chi connectivity index (χ1n) is 3.11. The molecule has 13 heavy (non-hydrogen) atoms. The van der Waals surface area contributed by atoms with Gasteiger partial charge in [0.25, 0.3) is 0 Å². The molecule has 0 aliphatic rings. The van der Waals surface area contributed by atoms with E-state index in [1.54, 1.807) is 0 Å². The van der Waals surface area contributed by atoms with Gasteiger partial charge in [-0.1, -0.05) is 0 Å². The Labute approximate surface area is 71.0 Å². The van der Waals surface area contributed by atoms with Crippen LogP contribution in [0.25, 0.3) is 0 Å². The first-order valence-corrected chi connectivity index (χ1v) is 3.11. The molecular weight excluding hydrogens is 180 g/mol. The molecule has 6 heteroatoms. The van der Waals surface area contributed by atoms with Gasteiger partial charge in [-0.15, -0.1) is 0 Å². The van der Waals surface area contributed by atoms with Crippen LogP contribution in [0, 0.1) is 0 Å². The lowest BCUT2D eigenvalue weighted by molar-refractivity contribution is 0.0689. The standard InChI is InChI=1S/C7H4O6/c8-5-3(6(9)10)1-13-2-4(5)7(11)12/h1-2H,(H,9,10)(H,11,12). The molecule has 6 nitrogen and oxygen atoms in total. The van der Waals surface area contributed by atoms with Gasteiger partial charge < -0.3 is 14.6 Å². The van der Waals surface area contributed by atoms with Crippen molar-refractivity contribution in [2.75, 3.05) is 0 Å². The molecule has 1 rings (SSSR count). The maximum atomic E-state index is 11.0. The average molecular weight is 184 g/mol. The summed E-state index contributed by atoms with van der Waals surface area (Å²) in [6.07, 6.45) is 1.38. The molecular formula is C7H4O6. The van der Waals surface area contributed by atoms with E-state index in [1.165, 1.54) is 0 Å². The molecule has 0 unspecified atom stereocenters. The lowest BCUT2D eigenvalue weighted by atomic mass is 10.2. The van der Waals surface area contributed by atoms with Gasteiger partial charge in [0.1, 0.15) is 23.7 Å². The van der Waals surface area contributed by atoms with E-state index in [4.69, 9.17) is 10.2 Å². The first-order chi connectivity index (χ1) is 6.04. The molecule has 0 atom stereocenters. The molecule has 0 saturated carbocycles. The minimum absolute atomic E-state index is 0.692. The number of carboxylic acids is 2. The Morgan fingerprint density at radius 1 is 1.08 bits per heavy atom. The highest BCUT2D eigenvalue weighted by Crippen LogP contribution is 1.96. The molecule has 0 saturated heterocycles. The van der Waals surface area contributed by atoms with E-state index in [9.17, 15) is 14.4 Å². The van der Waals surface area contributed by atoms with Crippen molar-refractivity contribution >= 4 is 11.9 Å². The fourth-order valence-corrected chi connectivity index (χ4v) is 0.717. The smallest absolute Gasteiger partial charge is 0.342 e. The number of carbonyl (C=O) groups is 2. The van der Waals surface area contributed by atoms with Crippen molar-refractivity contribution in [1.29, 1.82) is 0 Å². The Bertz CT molecular complexity index is 380. The highest BCUT2D eigenvalue weighted by atomic mass is 16.4. The summed E-state index contributed by atoms with van der Waals surface area (Å²) in [5, 5.41) is 16.8. The van der Waals surface area contributed by atoms with E-state index >= 15 is 0 Å². The third-order valence-corrected chi connectivity index (χ3v) is 1.32. The van der Waals surface area contributed by atoms with Crippen LogP contribution in [0.1, 0.15) is 20.7 Å². The maximum Gasteiger partial charge on any atom is 0.342 e. The maximum absolute atomic E-state index is 11.0. The number of rotatable bonds is 2. The van der Waals surface area contributed by atoms with E-state index in [0.717, 1.165) is 0 Å². The van der Waals surface area contributed by atoms with Crippen LogP contribution in [0.4, 0.5) is 0 Å². The Morgan fingerprint density at radius 2 is 1.46 bits per heavy atom. The van der Waals surface area contributed by atoms with Gasteiger partial charge in [-0.05, 0) is 0 Å². The second-order valence-electron chi connectivity index (χ2n) is 2.14. The van der Waals surface area contributed by atoms with Gasteiger partial charge >= 0.3 is 11.9 Å². The Kier molecular flexibility index (Phi) is 2.14. The van der Waals surface area contributed by atoms with Crippen LogP contribution in [0.2, 0.25) is 0 Å². The minimum Gasteiger partial charge on any atom is -0.477 e. The molecule has 0 aliphatic heterocycles. The fourth-order valence-electron chi connectivity index (χ4n) is 0.717. The summed E-state index contributed by atoms with van der Waals surface area (Å²) in [6.45, 7) is 0. The number of aromatic carboxylic acids is 2. The van der Waals surface area contributed by atoms with E-state index < -0.39 is 28.5 Å². The molecule has 0 aromatic carbocycles. The predicted octanol–water partition coefficient (Wildman–Crippen LogP) is 0.0362. The predicted molar refractivity (Wildman–Crippen MR) is 38.9 cm³/mol. The van der Waals surface area contributed by atoms with Gasteiger partial charge in [0.2, 0.25) is 5.43 Å². The van der Waals surface area contributed by atoms with E-state index in [2.05, 4.69) is 4.42 Å². The van der Waals surface area contributed by atoms with E-state index in [1.807, 2.05) is 0 Å². The molecule has 1 aromatic heterocycles. The normalized spacial score (nSPS) is 9.54. The highest BCUT2D eigenvalue weighted by molar-refractivity contribution is 5.92. The second-order valence-corrected chi connectivity index (χ2v) is 2.14. The van der Waals surface area contributed by atoms with Crippen molar-refractivity contribution in [3.8, 4) is 0 Å². The van der Waals surface area contributed by atoms with Crippen LogP contribution < -0.4 is 5.43 Å². The summed E-state index contributed by atoms with van der Waals surface area (Å²) in [6, 6.07) is 0. The van der Waals surface area contributed by atoms with Gasteiger partial charge in [0.05, 0.1) is 0 Å². The SMILES string of the molecule is O=C(O)c1cocc(C(=O)O)c1=O. The first kappa shape index (κ1) is 8.98. The van der Waals surface area contributed by atoms with Crippen molar-refractivity contribution in [2.45, 2.75) is 0 Å². The molecule has 2 N–H and O–H groups in total. The van der Waals surface area contributed by atoms with Gasteiger partial charge in [-0.25, -0.2) is 9.59 Å². The third-order valence-electron chi connectivity index (χ3n) is 1.32. The second kappa shape index (κ2) is 3.10. The molecule has 0 spiro atoms. The summed E-state index contributed by atoms with van der Waals surface area (Å²) < 4.78 is 4.38. The molecule has 0 fully saturated rings.